The number of hydrogen-bond donors (Lipinski definition) is 3. The smallest absolute Gasteiger partial charge is 0.408 e. The van der Waals surface area contributed by atoms with Gasteiger partial charge in [0.1, 0.15) is 18.0 Å². The zero-order valence-electron chi connectivity index (χ0n) is 20.0. The molecular formula is C25H38N4O5. The molecule has 9 nitrogen and oxygen atoms in total. The molecule has 1 saturated heterocycles. The first-order chi connectivity index (χ1) is 16.6. The number of carbonyl (C=O) groups is 2. The highest BCUT2D eigenvalue weighted by atomic mass is 16.6. The third kappa shape index (κ3) is 7.56. The molecule has 3 N–H and O–H groups in total. The highest BCUT2D eigenvalue weighted by Crippen LogP contribution is 2.27. The Morgan fingerprint density at radius 2 is 2.03 bits per heavy atom. The second kappa shape index (κ2) is 12.4. The van der Waals surface area contributed by atoms with Crippen molar-refractivity contribution in [1.29, 1.82) is 0 Å². The number of unbranched alkanes of at least 4 members (excludes halogenated alkanes) is 1. The number of nitrogens with zero attached hydrogens (tertiary/aromatic N) is 2. The molecule has 0 aromatic carbocycles. The predicted octanol–water partition coefficient (Wildman–Crippen LogP) is 2.98. The molecule has 4 rings (SSSR count). The topological polar surface area (TPSA) is 113 Å². The summed E-state index contributed by atoms with van der Waals surface area (Å²) in [5.74, 6) is 0.0256. The summed E-state index contributed by atoms with van der Waals surface area (Å²) in [6.45, 7) is 3.72. The van der Waals surface area contributed by atoms with Crippen molar-refractivity contribution in [3.8, 4) is 0 Å². The Kier molecular flexibility index (Phi) is 8.98. The molecule has 9 heteroatoms. The molecule has 1 atom stereocenters. The van der Waals surface area contributed by atoms with Gasteiger partial charge in [0.25, 0.3) is 0 Å². The number of aryl methyl sites for hydroxylation is 2. The Bertz CT molecular complexity index is 826. The monoisotopic (exact) mass is 474 g/mol. The van der Waals surface area contributed by atoms with Gasteiger partial charge < -0.3 is 30.1 Å². The van der Waals surface area contributed by atoms with Gasteiger partial charge in [0.05, 0.1) is 13.2 Å². The van der Waals surface area contributed by atoms with E-state index in [1.807, 2.05) is 0 Å². The van der Waals surface area contributed by atoms with Crippen LogP contribution in [0.1, 0.15) is 62.6 Å². The Hall–Kier alpha value is -2.39. The summed E-state index contributed by atoms with van der Waals surface area (Å²) in [4.78, 5) is 31.1. The molecule has 0 unspecified atom stereocenters. The minimum atomic E-state index is -1.02. The van der Waals surface area contributed by atoms with Gasteiger partial charge in [-0.15, -0.1) is 0 Å². The first-order valence-corrected chi connectivity index (χ1v) is 12.8. The SMILES string of the molecule is O=C(N[C@@H](CCN(CCCCc1ccc2c(n1)NCCC2)C1CC1)C(=O)O)OC1CCOCC1. The van der Waals surface area contributed by atoms with E-state index in [9.17, 15) is 14.7 Å². The molecule has 3 aliphatic rings. The van der Waals surface area contributed by atoms with Gasteiger partial charge in [0.2, 0.25) is 0 Å². The lowest BCUT2D eigenvalue weighted by Gasteiger charge is -2.25. The number of hydrogen-bond acceptors (Lipinski definition) is 7. The Labute approximate surface area is 201 Å². The average Bonchev–Trinajstić information content (AvgIpc) is 3.68. The Balaban J connectivity index is 1.18. The number of rotatable bonds is 12. The fourth-order valence-corrected chi connectivity index (χ4v) is 4.72. The third-order valence-corrected chi connectivity index (χ3v) is 6.88. The summed E-state index contributed by atoms with van der Waals surface area (Å²) < 4.78 is 10.6. The summed E-state index contributed by atoms with van der Waals surface area (Å²) in [5.41, 5.74) is 2.44. The normalized spacial score (nSPS) is 19.2. The minimum absolute atomic E-state index is 0.202. The molecule has 1 saturated carbocycles. The number of aromatic nitrogens is 1. The molecule has 0 bridgehead atoms. The van der Waals surface area contributed by atoms with Gasteiger partial charge in [-0.2, -0.15) is 0 Å². The van der Waals surface area contributed by atoms with Crippen LogP contribution in [0.2, 0.25) is 0 Å². The van der Waals surface area contributed by atoms with Crippen molar-refractivity contribution < 1.29 is 24.2 Å². The van der Waals surface area contributed by atoms with Crippen molar-refractivity contribution in [2.45, 2.75) is 82.4 Å². The maximum atomic E-state index is 12.2. The number of ether oxygens (including phenoxy) is 2. The number of fused-ring (bicyclic) bond motifs is 1. The van der Waals surface area contributed by atoms with Crippen molar-refractivity contribution in [2.24, 2.45) is 0 Å². The van der Waals surface area contributed by atoms with Crippen LogP contribution in [0, 0.1) is 0 Å². The molecule has 1 aromatic rings. The van der Waals surface area contributed by atoms with Gasteiger partial charge in [0.15, 0.2) is 0 Å². The van der Waals surface area contributed by atoms with Crippen molar-refractivity contribution >= 4 is 17.9 Å². The van der Waals surface area contributed by atoms with Crippen LogP contribution < -0.4 is 10.6 Å². The van der Waals surface area contributed by atoms with Crippen LogP contribution in [0.5, 0.6) is 0 Å². The minimum Gasteiger partial charge on any atom is -0.480 e. The van der Waals surface area contributed by atoms with E-state index in [-0.39, 0.29) is 6.10 Å². The largest absolute Gasteiger partial charge is 0.480 e. The second-order valence-corrected chi connectivity index (χ2v) is 9.61. The lowest BCUT2D eigenvalue weighted by atomic mass is 10.1. The van der Waals surface area contributed by atoms with Gasteiger partial charge in [-0.05, 0) is 69.5 Å². The number of anilines is 1. The maximum Gasteiger partial charge on any atom is 0.408 e. The van der Waals surface area contributed by atoms with E-state index in [1.54, 1.807) is 0 Å². The molecule has 1 aliphatic carbocycles. The van der Waals surface area contributed by atoms with Crippen molar-refractivity contribution in [3.63, 3.8) is 0 Å². The fraction of sp³-hybridized carbons (Fsp3) is 0.720. The van der Waals surface area contributed by atoms with E-state index in [0.29, 0.717) is 45.1 Å². The number of pyridine rings is 1. The number of carboxylic acids is 1. The van der Waals surface area contributed by atoms with Crippen LogP contribution in [0.3, 0.4) is 0 Å². The summed E-state index contributed by atoms with van der Waals surface area (Å²) in [6, 6.07) is 3.94. The number of alkyl carbamates (subject to hydrolysis) is 1. The van der Waals surface area contributed by atoms with Crippen LogP contribution in [-0.4, -0.2) is 78.1 Å². The first-order valence-electron chi connectivity index (χ1n) is 12.8. The van der Waals surface area contributed by atoms with Gasteiger partial charge in [-0.3, -0.25) is 0 Å². The molecule has 34 heavy (non-hydrogen) atoms. The zero-order chi connectivity index (χ0) is 23.8. The van der Waals surface area contributed by atoms with Crippen LogP contribution >= 0.6 is 0 Å². The van der Waals surface area contributed by atoms with Crippen LogP contribution in [0.4, 0.5) is 10.6 Å². The fourth-order valence-electron chi connectivity index (χ4n) is 4.72. The molecule has 1 aromatic heterocycles. The summed E-state index contributed by atoms with van der Waals surface area (Å²) in [7, 11) is 0. The van der Waals surface area contributed by atoms with E-state index >= 15 is 0 Å². The van der Waals surface area contributed by atoms with Crippen molar-refractivity contribution in [2.75, 3.05) is 38.2 Å². The van der Waals surface area contributed by atoms with E-state index in [1.165, 1.54) is 12.0 Å². The van der Waals surface area contributed by atoms with Gasteiger partial charge in [-0.25, -0.2) is 14.6 Å². The zero-order valence-corrected chi connectivity index (χ0v) is 20.0. The van der Waals surface area contributed by atoms with Gasteiger partial charge in [0, 0.05) is 37.7 Å². The molecule has 1 amide bonds. The quantitative estimate of drug-likeness (QED) is 0.396. The summed E-state index contributed by atoms with van der Waals surface area (Å²) in [5, 5.41) is 15.5. The number of nitrogens with one attached hydrogen (secondary N) is 2. The molecule has 0 spiro atoms. The molecule has 188 valence electrons. The standard InChI is InChI=1S/C25H38N4O5/c30-24(31)22(28-25(32)34-21-11-16-33-17-12-21)10-15-29(20-8-9-20)14-2-1-5-19-7-6-18-4-3-13-26-23(18)27-19/h6-7,20-22H,1-5,8-17H2,(H,26,27)(H,28,32)(H,30,31)/t22-/m0/s1. The lowest BCUT2D eigenvalue weighted by molar-refractivity contribution is -0.139. The highest BCUT2D eigenvalue weighted by Gasteiger charge is 2.30. The van der Waals surface area contributed by atoms with Gasteiger partial charge >= 0.3 is 12.1 Å². The second-order valence-electron chi connectivity index (χ2n) is 9.61. The maximum absolute atomic E-state index is 12.2. The molecular weight excluding hydrogens is 436 g/mol. The van der Waals surface area contributed by atoms with E-state index in [2.05, 4.69) is 27.7 Å². The van der Waals surface area contributed by atoms with E-state index in [0.717, 1.165) is 63.1 Å². The van der Waals surface area contributed by atoms with E-state index in [4.69, 9.17) is 14.5 Å². The lowest BCUT2D eigenvalue weighted by Crippen LogP contribution is -2.45. The van der Waals surface area contributed by atoms with Crippen LogP contribution in [0.15, 0.2) is 12.1 Å². The Morgan fingerprint density at radius 1 is 1.21 bits per heavy atom. The van der Waals surface area contributed by atoms with Crippen LogP contribution in [0.25, 0.3) is 0 Å². The van der Waals surface area contributed by atoms with E-state index < -0.39 is 18.1 Å². The average molecular weight is 475 g/mol. The van der Waals surface area contributed by atoms with Crippen LogP contribution in [-0.2, 0) is 27.1 Å². The molecule has 2 fully saturated rings. The number of amides is 1. The molecule has 0 radical (unpaired) electrons. The Morgan fingerprint density at radius 3 is 2.79 bits per heavy atom. The molecule has 3 heterocycles. The number of carbonyl (C=O) groups excluding carboxylic acids is 1. The van der Waals surface area contributed by atoms with Crippen molar-refractivity contribution in [1.82, 2.24) is 15.2 Å². The summed E-state index contributed by atoms with van der Waals surface area (Å²) in [6.07, 6.45) is 8.45. The van der Waals surface area contributed by atoms with Crippen molar-refractivity contribution in [3.05, 3.63) is 23.4 Å². The third-order valence-electron chi connectivity index (χ3n) is 6.88. The predicted molar refractivity (Wildman–Crippen MR) is 128 cm³/mol. The summed E-state index contributed by atoms with van der Waals surface area (Å²) >= 11 is 0. The highest BCUT2D eigenvalue weighted by molar-refractivity contribution is 5.79. The molecule has 2 aliphatic heterocycles. The number of carboxylic acid groups (broad SMARTS) is 1. The first kappa shape index (κ1) is 24.7. The number of aliphatic carboxylic acids is 1. The van der Waals surface area contributed by atoms with Gasteiger partial charge in [-0.1, -0.05) is 6.07 Å².